The van der Waals surface area contributed by atoms with E-state index in [0.717, 1.165) is 12.1 Å². The van der Waals surface area contributed by atoms with E-state index < -0.39 is 0 Å². The summed E-state index contributed by atoms with van der Waals surface area (Å²) in [6.45, 7) is 0.833. The molecular formula is C15H17N3. The van der Waals surface area contributed by atoms with Crippen molar-refractivity contribution in [2.24, 2.45) is 0 Å². The van der Waals surface area contributed by atoms with Crippen LogP contribution >= 0.6 is 0 Å². The maximum Gasteiger partial charge on any atom is 0.115 e. The van der Waals surface area contributed by atoms with Crippen molar-refractivity contribution in [2.45, 2.75) is 31.8 Å². The fourth-order valence-electron chi connectivity index (χ4n) is 2.63. The van der Waals surface area contributed by atoms with Gasteiger partial charge in [-0.3, -0.25) is 0 Å². The molecule has 1 N–H and O–H groups in total. The van der Waals surface area contributed by atoms with Crippen LogP contribution in [0.5, 0.6) is 0 Å². The summed E-state index contributed by atoms with van der Waals surface area (Å²) in [5.41, 5.74) is 4.09. The lowest BCUT2D eigenvalue weighted by atomic mass is 9.88. The molecular weight excluding hydrogens is 222 g/mol. The number of aromatic nitrogens is 2. The molecule has 1 aromatic carbocycles. The van der Waals surface area contributed by atoms with Gasteiger partial charge < -0.3 is 5.32 Å². The molecule has 1 aliphatic rings. The van der Waals surface area contributed by atoms with Gasteiger partial charge in [-0.15, -0.1) is 0 Å². The van der Waals surface area contributed by atoms with Crippen molar-refractivity contribution in [3.05, 3.63) is 59.7 Å². The van der Waals surface area contributed by atoms with Crippen LogP contribution in [0.4, 0.5) is 0 Å². The molecule has 1 aromatic heterocycles. The average Bonchev–Trinajstić information content (AvgIpc) is 2.46. The molecule has 0 spiro atoms. The first-order valence-corrected chi connectivity index (χ1v) is 6.48. The van der Waals surface area contributed by atoms with E-state index >= 15 is 0 Å². The molecule has 92 valence electrons. The zero-order valence-electron chi connectivity index (χ0n) is 10.3. The van der Waals surface area contributed by atoms with Gasteiger partial charge in [0, 0.05) is 30.5 Å². The average molecular weight is 239 g/mol. The molecule has 0 fully saturated rings. The van der Waals surface area contributed by atoms with E-state index in [1.54, 1.807) is 6.33 Å². The van der Waals surface area contributed by atoms with Crippen molar-refractivity contribution in [1.29, 1.82) is 0 Å². The highest BCUT2D eigenvalue weighted by Crippen LogP contribution is 2.29. The number of hydrogen-bond donors (Lipinski definition) is 1. The van der Waals surface area contributed by atoms with Gasteiger partial charge in [0.1, 0.15) is 6.33 Å². The van der Waals surface area contributed by atoms with E-state index in [2.05, 4.69) is 39.6 Å². The van der Waals surface area contributed by atoms with Crippen molar-refractivity contribution in [1.82, 2.24) is 15.3 Å². The largest absolute Gasteiger partial charge is 0.306 e. The third-order valence-corrected chi connectivity index (χ3v) is 3.54. The van der Waals surface area contributed by atoms with Crippen LogP contribution in [0.15, 0.2) is 43.0 Å². The summed E-state index contributed by atoms with van der Waals surface area (Å²) in [7, 11) is 0. The topological polar surface area (TPSA) is 37.8 Å². The van der Waals surface area contributed by atoms with Crippen LogP contribution in [0.1, 0.15) is 35.6 Å². The van der Waals surface area contributed by atoms with Gasteiger partial charge in [-0.25, -0.2) is 9.97 Å². The summed E-state index contributed by atoms with van der Waals surface area (Å²) in [6.07, 6.45) is 9.00. The second-order valence-corrected chi connectivity index (χ2v) is 4.77. The number of nitrogens with zero attached hydrogens (tertiary/aromatic N) is 2. The maximum atomic E-state index is 4.04. The number of rotatable bonds is 3. The Balaban J connectivity index is 1.71. The van der Waals surface area contributed by atoms with Crippen LogP contribution in [-0.4, -0.2) is 9.97 Å². The normalized spacial score (nSPS) is 18.3. The number of aryl methyl sites for hydroxylation is 1. The Morgan fingerprint density at radius 1 is 1.17 bits per heavy atom. The standard InChI is InChI=1S/C15H17N3/c1-2-6-14-13(4-1)5-3-7-15(14)18-10-12-8-16-11-17-9-12/h1-2,4,6,8-9,11,15,18H,3,5,7,10H2. The highest BCUT2D eigenvalue weighted by atomic mass is 14.9. The Morgan fingerprint density at radius 2 is 2.00 bits per heavy atom. The predicted molar refractivity (Wildman–Crippen MR) is 71.0 cm³/mol. The zero-order valence-corrected chi connectivity index (χ0v) is 10.3. The second-order valence-electron chi connectivity index (χ2n) is 4.77. The van der Waals surface area contributed by atoms with E-state index in [-0.39, 0.29) is 0 Å². The predicted octanol–water partition coefficient (Wildman–Crippen LogP) is 2.64. The van der Waals surface area contributed by atoms with E-state index in [0.29, 0.717) is 6.04 Å². The molecule has 0 bridgehead atoms. The third-order valence-electron chi connectivity index (χ3n) is 3.54. The Kier molecular flexibility index (Phi) is 3.33. The summed E-state index contributed by atoms with van der Waals surface area (Å²) in [6, 6.07) is 9.22. The number of hydrogen-bond acceptors (Lipinski definition) is 3. The summed E-state index contributed by atoms with van der Waals surface area (Å²) in [4.78, 5) is 8.08. The lowest BCUT2D eigenvalue weighted by Crippen LogP contribution is -2.24. The van der Waals surface area contributed by atoms with Crippen molar-refractivity contribution in [2.75, 3.05) is 0 Å². The SMILES string of the molecule is c1ccc2c(c1)CCCC2NCc1cncnc1. The lowest BCUT2D eigenvalue weighted by Gasteiger charge is -2.26. The van der Waals surface area contributed by atoms with Gasteiger partial charge in [0.15, 0.2) is 0 Å². The Bertz CT molecular complexity index is 510. The van der Waals surface area contributed by atoms with Crippen LogP contribution in [0.2, 0.25) is 0 Å². The molecule has 1 aliphatic carbocycles. The molecule has 2 aromatic rings. The smallest absolute Gasteiger partial charge is 0.115 e. The molecule has 3 heteroatoms. The maximum absolute atomic E-state index is 4.04. The lowest BCUT2D eigenvalue weighted by molar-refractivity contribution is 0.458. The number of benzene rings is 1. The Labute approximate surface area is 107 Å². The Hall–Kier alpha value is -1.74. The number of nitrogens with one attached hydrogen (secondary N) is 1. The van der Waals surface area contributed by atoms with Gasteiger partial charge in [-0.1, -0.05) is 24.3 Å². The molecule has 1 atom stereocenters. The van der Waals surface area contributed by atoms with Crippen molar-refractivity contribution in [3.8, 4) is 0 Å². The molecule has 3 rings (SSSR count). The zero-order chi connectivity index (χ0) is 12.2. The molecule has 18 heavy (non-hydrogen) atoms. The van der Waals surface area contributed by atoms with Gasteiger partial charge in [-0.2, -0.15) is 0 Å². The molecule has 0 saturated heterocycles. The first kappa shape index (κ1) is 11.4. The quantitative estimate of drug-likeness (QED) is 0.894. The van der Waals surface area contributed by atoms with Crippen LogP contribution < -0.4 is 5.32 Å². The second kappa shape index (κ2) is 5.27. The van der Waals surface area contributed by atoms with E-state index in [4.69, 9.17) is 0 Å². The highest BCUT2D eigenvalue weighted by Gasteiger charge is 2.18. The molecule has 0 saturated carbocycles. The minimum atomic E-state index is 0.468. The Morgan fingerprint density at radius 3 is 2.89 bits per heavy atom. The molecule has 1 unspecified atom stereocenters. The van der Waals surface area contributed by atoms with Crippen molar-refractivity contribution in [3.63, 3.8) is 0 Å². The minimum absolute atomic E-state index is 0.468. The molecule has 0 radical (unpaired) electrons. The van der Waals surface area contributed by atoms with E-state index in [1.165, 1.54) is 30.4 Å². The summed E-state index contributed by atoms with van der Waals surface area (Å²) >= 11 is 0. The molecule has 0 aliphatic heterocycles. The summed E-state index contributed by atoms with van der Waals surface area (Å²) < 4.78 is 0. The van der Waals surface area contributed by atoms with Gasteiger partial charge in [0.05, 0.1) is 0 Å². The van der Waals surface area contributed by atoms with Crippen LogP contribution in [-0.2, 0) is 13.0 Å². The highest BCUT2D eigenvalue weighted by molar-refractivity contribution is 5.32. The van der Waals surface area contributed by atoms with Crippen molar-refractivity contribution < 1.29 is 0 Å². The van der Waals surface area contributed by atoms with E-state index in [1.807, 2.05) is 12.4 Å². The molecule has 3 nitrogen and oxygen atoms in total. The van der Waals surface area contributed by atoms with Gasteiger partial charge >= 0.3 is 0 Å². The first-order valence-electron chi connectivity index (χ1n) is 6.48. The minimum Gasteiger partial charge on any atom is -0.306 e. The summed E-state index contributed by atoms with van der Waals surface area (Å²) in [5, 5.41) is 3.61. The fourth-order valence-corrected chi connectivity index (χ4v) is 2.63. The van der Waals surface area contributed by atoms with Crippen LogP contribution in [0.25, 0.3) is 0 Å². The summed E-state index contributed by atoms with van der Waals surface area (Å²) in [5.74, 6) is 0. The first-order chi connectivity index (χ1) is 8.93. The molecule has 0 amide bonds. The fraction of sp³-hybridized carbons (Fsp3) is 0.333. The van der Waals surface area contributed by atoms with Gasteiger partial charge in [0.2, 0.25) is 0 Å². The number of fused-ring (bicyclic) bond motifs is 1. The van der Waals surface area contributed by atoms with Crippen molar-refractivity contribution >= 4 is 0 Å². The third kappa shape index (κ3) is 2.41. The monoisotopic (exact) mass is 239 g/mol. The van der Waals surface area contributed by atoms with E-state index in [9.17, 15) is 0 Å². The van der Waals surface area contributed by atoms with Crippen LogP contribution in [0.3, 0.4) is 0 Å². The van der Waals surface area contributed by atoms with Gasteiger partial charge in [0.25, 0.3) is 0 Å². The van der Waals surface area contributed by atoms with Crippen LogP contribution in [0, 0.1) is 0 Å². The molecule has 1 heterocycles. The van der Waals surface area contributed by atoms with Gasteiger partial charge in [-0.05, 0) is 30.4 Å².